The molecule has 1 heterocycles. The molecule has 5 unspecified atom stereocenters. The Morgan fingerprint density at radius 1 is 0.840 bits per heavy atom. The largest absolute Gasteiger partial charge is 1.00 e. The van der Waals surface area contributed by atoms with Crippen LogP contribution in [0.4, 0.5) is 0 Å². The Morgan fingerprint density at radius 2 is 1.40 bits per heavy atom. The van der Waals surface area contributed by atoms with Gasteiger partial charge in [-0.1, -0.05) is 67.1 Å². The fourth-order valence-corrected chi connectivity index (χ4v) is 8.50. The van der Waals surface area contributed by atoms with Crippen LogP contribution in [0.1, 0.15) is 54.4 Å². The van der Waals surface area contributed by atoms with Crippen molar-refractivity contribution in [3.63, 3.8) is 0 Å². The van der Waals surface area contributed by atoms with Crippen LogP contribution in [-0.4, -0.2) is 11.5 Å². The van der Waals surface area contributed by atoms with Crippen molar-refractivity contribution in [2.24, 2.45) is 5.92 Å². The van der Waals surface area contributed by atoms with E-state index in [0.29, 0.717) is 17.1 Å². The van der Waals surface area contributed by atoms with Crippen LogP contribution in [-0.2, 0) is 14.1 Å². The zero-order valence-corrected chi connectivity index (χ0v) is 17.8. The van der Waals surface area contributed by atoms with Crippen LogP contribution in [0, 0.1) is 5.92 Å². The molecule has 0 N–H and O–H groups in total. The van der Waals surface area contributed by atoms with E-state index in [9.17, 15) is 4.21 Å². The number of hydrogen-bond donors (Lipinski definition) is 0. The van der Waals surface area contributed by atoms with Crippen molar-refractivity contribution in [1.29, 1.82) is 0 Å². The molecule has 2 aromatic rings. The maximum atomic E-state index is 13.9. The molecule has 1 aliphatic heterocycles. The van der Waals surface area contributed by atoms with E-state index in [1.54, 1.807) is 0 Å². The number of fused-ring (bicyclic) bond motifs is 1. The number of rotatable bonds is 2. The normalized spacial score (nSPS) is 34.6. The number of halogens is 1. The van der Waals surface area contributed by atoms with Crippen LogP contribution in [0.15, 0.2) is 60.7 Å². The minimum Gasteiger partial charge on any atom is -1.00 e. The van der Waals surface area contributed by atoms with E-state index in [4.69, 9.17) is 0 Å². The van der Waals surface area contributed by atoms with Crippen LogP contribution < -0.4 is 24.0 Å². The zero-order chi connectivity index (χ0) is 16.6. The highest BCUT2D eigenvalue weighted by Gasteiger charge is 2.55. The Labute approximate surface area is 170 Å². The number of hydrogen-bond acceptors (Lipinski definition) is 1. The van der Waals surface area contributed by atoms with Crippen molar-refractivity contribution in [2.75, 3.05) is 6.26 Å². The summed E-state index contributed by atoms with van der Waals surface area (Å²) >= 11 is 0. The molecular formula is C22H27IOS. The average molecular weight is 466 g/mol. The third kappa shape index (κ3) is 3.59. The molecule has 0 spiro atoms. The second-order valence-electron chi connectivity index (χ2n) is 7.61. The molecular weight excluding hydrogens is 439 g/mol. The predicted octanol–water partition coefficient (Wildman–Crippen LogP) is 2.61. The first-order valence-electron chi connectivity index (χ1n) is 9.24. The molecule has 5 atom stereocenters. The van der Waals surface area contributed by atoms with E-state index in [0.717, 1.165) is 12.8 Å². The van der Waals surface area contributed by atoms with Gasteiger partial charge in [-0.3, -0.25) is 0 Å². The van der Waals surface area contributed by atoms with Gasteiger partial charge in [0, 0.05) is 17.9 Å². The van der Waals surface area contributed by atoms with Gasteiger partial charge in [0.15, 0.2) is 0 Å². The van der Waals surface area contributed by atoms with E-state index in [-0.39, 0.29) is 29.2 Å². The maximum absolute atomic E-state index is 13.9. The van der Waals surface area contributed by atoms with Crippen molar-refractivity contribution < 1.29 is 28.2 Å². The lowest BCUT2D eigenvalue weighted by molar-refractivity contribution is -0.00000623. The summed E-state index contributed by atoms with van der Waals surface area (Å²) in [7, 11) is -1.87. The second-order valence-corrected chi connectivity index (χ2v) is 10.7. The lowest BCUT2D eigenvalue weighted by atomic mass is 9.73. The third-order valence-corrected chi connectivity index (χ3v) is 9.69. The fourth-order valence-electron chi connectivity index (χ4n) is 5.13. The average Bonchev–Trinajstić information content (AvgIpc) is 2.63. The third-order valence-electron chi connectivity index (χ3n) is 6.30. The van der Waals surface area contributed by atoms with Gasteiger partial charge in [-0.2, -0.15) is 0 Å². The summed E-state index contributed by atoms with van der Waals surface area (Å²) in [5, 5.41) is 0.582. The summed E-state index contributed by atoms with van der Waals surface area (Å²) in [6, 6.07) is 21.6. The van der Waals surface area contributed by atoms with Crippen LogP contribution in [0.2, 0.25) is 0 Å². The molecule has 3 heteroatoms. The topological polar surface area (TPSA) is 17.1 Å². The SMILES string of the molecule is C[S+]1(=O)C(c2ccccc2)CC(c2ccccc2)C2CCCCC21.[I-]. The Kier molecular flexibility index (Phi) is 6.04. The first kappa shape index (κ1) is 19.1. The quantitative estimate of drug-likeness (QED) is 0.492. The van der Waals surface area contributed by atoms with E-state index < -0.39 is 9.93 Å². The lowest BCUT2D eigenvalue weighted by Gasteiger charge is -2.44. The molecule has 2 aromatic carbocycles. The van der Waals surface area contributed by atoms with E-state index in [1.807, 2.05) is 0 Å². The minimum absolute atomic E-state index is 0. The van der Waals surface area contributed by atoms with Crippen molar-refractivity contribution in [1.82, 2.24) is 0 Å². The second kappa shape index (κ2) is 7.91. The van der Waals surface area contributed by atoms with Gasteiger partial charge in [-0.25, -0.2) is 0 Å². The maximum Gasteiger partial charge on any atom is 0.147 e. The van der Waals surface area contributed by atoms with Crippen molar-refractivity contribution >= 4 is 9.93 Å². The van der Waals surface area contributed by atoms with Crippen molar-refractivity contribution in [3.8, 4) is 0 Å². The molecule has 1 nitrogen and oxygen atoms in total. The van der Waals surface area contributed by atoms with Gasteiger partial charge in [0.1, 0.15) is 16.8 Å². The van der Waals surface area contributed by atoms with Gasteiger partial charge in [-0.15, -0.1) is 4.21 Å². The lowest BCUT2D eigenvalue weighted by Crippen LogP contribution is -3.00. The van der Waals surface area contributed by atoms with Gasteiger partial charge < -0.3 is 24.0 Å². The van der Waals surface area contributed by atoms with Crippen LogP contribution in [0.5, 0.6) is 0 Å². The van der Waals surface area contributed by atoms with Crippen LogP contribution in [0.3, 0.4) is 0 Å². The molecule has 1 aliphatic carbocycles. The van der Waals surface area contributed by atoms with Crippen molar-refractivity contribution in [3.05, 3.63) is 71.8 Å². The zero-order valence-electron chi connectivity index (χ0n) is 14.8. The van der Waals surface area contributed by atoms with E-state index in [1.165, 1.54) is 30.4 Å². The molecule has 1 saturated carbocycles. The molecule has 0 radical (unpaired) electrons. The van der Waals surface area contributed by atoms with Gasteiger partial charge in [0.25, 0.3) is 0 Å². The summed E-state index contributed by atoms with van der Waals surface area (Å²) in [5.74, 6) is 1.15. The molecule has 2 fully saturated rings. The highest BCUT2D eigenvalue weighted by Crippen LogP contribution is 2.54. The Balaban J connectivity index is 0.00000182. The molecule has 134 valence electrons. The minimum atomic E-state index is -1.87. The van der Waals surface area contributed by atoms with Crippen LogP contribution >= 0.6 is 0 Å². The van der Waals surface area contributed by atoms with Gasteiger partial charge >= 0.3 is 0 Å². The van der Waals surface area contributed by atoms with E-state index >= 15 is 0 Å². The first-order chi connectivity index (χ1) is 11.7. The molecule has 1 saturated heterocycles. The summed E-state index contributed by atoms with van der Waals surface area (Å²) in [6.07, 6.45) is 8.05. The molecule has 4 rings (SSSR count). The first-order valence-corrected chi connectivity index (χ1v) is 11.3. The Bertz CT molecular complexity index is 730. The van der Waals surface area contributed by atoms with Crippen molar-refractivity contribution in [2.45, 2.75) is 48.5 Å². The molecule has 2 aliphatic rings. The Hall–Kier alpha value is -0.680. The molecule has 0 aromatic heterocycles. The monoisotopic (exact) mass is 466 g/mol. The molecule has 25 heavy (non-hydrogen) atoms. The highest BCUT2D eigenvalue weighted by molar-refractivity contribution is 8.03. The van der Waals surface area contributed by atoms with Crippen LogP contribution in [0.25, 0.3) is 0 Å². The fraction of sp³-hybridized carbons (Fsp3) is 0.455. The van der Waals surface area contributed by atoms with Gasteiger partial charge in [0.2, 0.25) is 0 Å². The summed E-state index contributed by atoms with van der Waals surface area (Å²) < 4.78 is 13.9. The summed E-state index contributed by atoms with van der Waals surface area (Å²) in [5.41, 5.74) is 2.72. The summed E-state index contributed by atoms with van der Waals surface area (Å²) in [6.45, 7) is 0. The number of benzene rings is 2. The van der Waals surface area contributed by atoms with Gasteiger partial charge in [-0.05, 0) is 30.7 Å². The highest BCUT2D eigenvalue weighted by atomic mass is 127. The summed E-state index contributed by atoms with van der Waals surface area (Å²) in [4.78, 5) is 0. The van der Waals surface area contributed by atoms with Gasteiger partial charge in [0.05, 0.1) is 9.93 Å². The smallest absolute Gasteiger partial charge is 0.147 e. The predicted molar refractivity (Wildman–Crippen MR) is 103 cm³/mol. The molecule has 0 amide bonds. The Morgan fingerprint density at radius 3 is 2.04 bits per heavy atom. The molecule has 0 bridgehead atoms. The van der Waals surface area contributed by atoms with E-state index in [2.05, 4.69) is 66.9 Å². The standard InChI is InChI=1S/C22H27OS.HI/c1-24(23)21-15-9-8-14-19(21)20(17-10-4-2-5-11-17)16-22(24)18-12-6-3-7-13-18;/h2-7,10-13,19-22H,8-9,14-16H2,1H3;1H/q+1;/p-1.